The molecule has 144 valence electrons. The summed E-state index contributed by atoms with van der Waals surface area (Å²) in [6, 6.07) is 4.31. The molecule has 0 bridgehead atoms. The lowest BCUT2D eigenvalue weighted by molar-refractivity contribution is -0.0835. The number of ether oxygens (including phenoxy) is 1. The van der Waals surface area contributed by atoms with E-state index in [0.717, 1.165) is 32.1 Å². The van der Waals surface area contributed by atoms with E-state index >= 15 is 0 Å². The number of thiophene rings is 1. The van der Waals surface area contributed by atoms with Gasteiger partial charge in [0, 0.05) is 43.5 Å². The lowest BCUT2D eigenvalue weighted by Crippen LogP contribution is -2.47. The van der Waals surface area contributed by atoms with Gasteiger partial charge in [0.05, 0.1) is 6.10 Å². The Morgan fingerprint density at radius 2 is 2.16 bits per heavy atom. The topological polar surface area (TPSA) is 45.7 Å². The van der Waals surface area contributed by atoms with Crippen LogP contribution >= 0.6 is 35.3 Å². The van der Waals surface area contributed by atoms with Gasteiger partial charge in [-0.3, -0.25) is 4.99 Å². The van der Waals surface area contributed by atoms with Crippen LogP contribution in [-0.4, -0.2) is 38.8 Å². The maximum absolute atomic E-state index is 6.07. The minimum absolute atomic E-state index is 0. The van der Waals surface area contributed by atoms with E-state index in [9.17, 15) is 0 Å². The Kier molecular flexibility index (Phi) is 9.74. The van der Waals surface area contributed by atoms with Crippen LogP contribution in [0.2, 0.25) is 0 Å². The first-order valence-electron chi connectivity index (χ1n) is 9.01. The smallest absolute Gasteiger partial charge is 0.191 e. The number of halogens is 1. The number of nitrogens with zero attached hydrogens (tertiary/aromatic N) is 1. The van der Waals surface area contributed by atoms with Gasteiger partial charge in [-0.1, -0.05) is 33.8 Å². The maximum Gasteiger partial charge on any atom is 0.191 e. The number of rotatable bonds is 5. The Morgan fingerprint density at radius 1 is 1.40 bits per heavy atom. The molecule has 25 heavy (non-hydrogen) atoms. The van der Waals surface area contributed by atoms with Gasteiger partial charge in [-0.2, -0.15) is 0 Å². The van der Waals surface area contributed by atoms with Crippen LogP contribution in [-0.2, 0) is 4.74 Å². The van der Waals surface area contributed by atoms with E-state index in [1.807, 2.05) is 18.4 Å². The molecule has 1 saturated heterocycles. The summed E-state index contributed by atoms with van der Waals surface area (Å²) < 4.78 is 6.07. The van der Waals surface area contributed by atoms with E-state index in [1.165, 1.54) is 11.3 Å². The molecule has 6 heteroatoms. The van der Waals surface area contributed by atoms with Crippen LogP contribution in [0.1, 0.15) is 51.3 Å². The van der Waals surface area contributed by atoms with E-state index in [0.29, 0.717) is 17.9 Å². The van der Waals surface area contributed by atoms with Gasteiger partial charge >= 0.3 is 0 Å². The number of guanidine groups is 1. The normalized spacial score (nSPS) is 22.8. The van der Waals surface area contributed by atoms with Crippen molar-refractivity contribution in [2.24, 2.45) is 16.3 Å². The molecule has 0 aromatic carbocycles. The van der Waals surface area contributed by atoms with Gasteiger partial charge in [-0.15, -0.1) is 35.3 Å². The first kappa shape index (κ1) is 22.7. The Balaban J connectivity index is 0.00000312. The van der Waals surface area contributed by atoms with Crippen molar-refractivity contribution in [3.8, 4) is 0 Å². The van der Waals surface area contributed by atoms with Crippen LogP contribution in [0, 0.1) is 11.3 Å². The fourth-order valence-corrected chi connectivity index (χ4v) is 4.17. The molecule has 1 aliphatic heterocycles. The third-order valence-electron chi connectivity index (χ3n) is 4.66. The molecule has 0 saturated carbocycles. The van der Waals surface area contributed by atoms with Crippen LogP contribution in [0.5, 0.6) is 0 Å². The first-order chi connectivity index (χ1) is 11.4. The Bertz CT molecular complexity index is 513. The molecule has 1 aliphatic rings. The minimum Gasteiger partial charge on any atom is -0.377 e. The van der Waals surface area contributed by atoms with Gasteiger partial charge < -0.3 is 15.4 Å². The van der Waals surface area contributed by atoms with E-state index in [-0.39, 0.29) is 29.4 Å². The highest BCUT2D eigenvalue weighted by Crippen LogP contribution is 2.33. The van der Waals surface area contributed by atoms with Gasteiger partial charge in [-0.25, -0.2) is 0 Å². The predicted octanol–water partition coefficient (Wildman–Crippen LogP) is 4.48. The Morgan fingerprint density at radius 3 is 2.76 bits per heavy atom. The maximum atomic E-state index is 6.07. The quantitative estimate of drug-likeness (QED) is 0.372. The largest absolute Gasteiger partial charge is 0.377 e. The predicted molar refractivity (Wildman–Crippen MR) is 119 cm³/mol. The van der Waals surface area contributed by atoms with Crippen molar-refractivity contribution >= 4 is 41.3 Å². The van der Waals surface area contributed by atoms with Crippen molar-refractivity contribution in [1.82, 2.24) is 10.6 Å². The summed E-state index contributed by atoms with van der Waals surface area (Å²) in [6.45, 7) is 11.8. The average molecular weight is 479 g/mol. The van der Waals surface area contributed by atoms with Crippen LogP contribution < -0.4 is 10.6 Å². The molecule has 2 rings (SSSR count). The second-order valence-electron chi connectivity index (χ2n) is 7.81. The Hall–Kier alpha value is -0.340. The van der Waals surface area contributed by atoms with Gasteiger partial charge in [0.1, 0.15) is 0 Å². The van der Waals surface area contributed by atoms with Crippen molar-refractivity contribution < 1.29 is 4.74 Å². The van der Waals surface area contributed by atoms with Crippen molar-refractivity contribution in [3.63, 3.8) is 0 Å². The molecular weight excluding hydrogens is 445 g/mol. The van der Waals surface area contributed by atoms with E-state index < -0.39 is 0 Å². The molecular formula is C19H34IN3OS. The SMILES string of the molecule is CN=C(NCC(C)c1cccs1)NCC1CCCOC1C(C)(C)C.I. The number of nitrogens with one attached hydrogen (secondary N) is 2. The third kappa shape index (κ3) is 7.06. The molecule has 1 aromatic heterocycles. The highest BCUT2D eigenvalue weighted by molar-refractivity contribution is 14.0. The molecule has 2 heterocycles. The van der Waals surface area contributed by atoms with Gasteiger partial charge in [0.2, 0.25) is 0 Å². The van der Waals surface area contributed by atoms with Crippen molar-refractivity contribution in [2.75, 3.05) is 26.7 Å². The highest BCUT2D eigenvalue weighted by atomic mass is 127. The zero-order chi connectivity index (χ0) is 17.6. The zero-order valence-electron chi connectivity index (χ0n) is 16.2. The van der Waals surface area contributed by atoms with Crippen LogP contribution in [0.15, 0.2) is 22.5 Å². The lowest BCUT2D eigenvalue weighted by atomic mass is 9.78. The summed E-state index contributed by atoms with van der Waals surface area (Å²) in [6.07, 6.45) is 2.68. The summed E-state index contributed by atoms with van der Waals surface area (Å²) in [5, 5.41) is 9.09. The molecule has 1 fully saturated rings. The number of hydrogen-bond acceptors (Lipinski definition) is 3. The summed E-state index contributed by atoms with van der Waals surface area (Å²) in [5.74, 6) is 1.91. The minimum atomic E-state index is 0. The fraction of sp³-hybridized carbons (Fsp3) is 0.737. The van der Waals surface area contributed by atoms with Gasteiger partial charge in [0.15, 0.2) is 5.96 Å². The molecule has 0 aliphatic carbocycles. The second kappa shape index (κ2) is 10.7. The van der Waals surface area contributed by atoms with E-state index in [4.69, 9.17) is 4.74 Å². The van der Waals surface area contributed by atoms with Crippen LogP contribution in [0.4, 0.5) is 0 Å². The molecule has 3 unspecified atom stereocenters. The summed E-state index contributed by atoms with van der Waals surface area (Å²) in [7, 11) is 1.84. The molecule has 1 aromatic rings. The summed E-state index contributed by atoms with van der Waals surface area (Å²) >= 11 is 1.81. The van der Waals surface area contributed by atoms with Crippen molar-refractivity contribution in [1.29, 1.82) is 0 Å². The second-order valence-corrected chi connectivity index (χ2v) is 8.79. The molecule has 0 radical (unpaired) electrons. The zero-order valence-corrected chi connectivity index (χ0v) is 19.3. The Labute approximate surface area is 174 Å². The van der Waals surface area contributed by atoms with E-state index in [1.54, 1.807) is 0 Å². The third-order valence-corrected chi connectivity index (χ3v) is 5.76. The lowest BCUT2D eigenvalue weighted by Gasteiger charge is -2.40. The first-order valence-corrected chi connectivity index (χ1v) is 9.89. The highest BCUT2D eigenvalue weighted by Gasteiger charge is 2.35. The van der Waals surface area contributed by atoms with Crippen molar-refractivity contribution in [3.05, 3.63) is 22.4 Å². The average Bonchev–Trinajstić information content (AvgIpc) is 3.09. The van der Waals surface area contributed by atoms with Gasteiger partial charge in [-0.05, 0) is 29.7 Å². The molecule has 0 spiro atoms. The van der Waals surface area contributed by atoms with Crippen LogP contribution in [0.25, 0.3) is 0 Å². The van der Waals surface area contributed by atoms with E-state index in [2.05, 4.69) is 60.8 Å². The number of aliphatic imine (C=N–C) groups is 1. The summed E-state index contributed by atoms with van der Waals surface area (Å²) in [5.41, 5.74) is 0.178. The molecule has 2 N–H and O–H groups in total. The number of hydrogen-bond donors (Lipinski definition) is 2. The monoisotopic (exact) mass is 479 g/mol. The van der Waals surface area contributed by atoms with Gasteiger partial charge in [0.25, 0.3) is 0 Å². The summed E-state index contributed by atoms with van der Waals surface area (Å²) in [4.78, 5) is 5.78. The molecule has 0 amide bonds. The standard InChI is InChI=1S/C19H33N3OS.HI/c1-14(16-9-7-11-24-16)12-21-18(20-5)22-13-15-8-6-10-23-17(15)19(2,3)4;/h7,9,11,14-15,17H,6,8,10,12-13H2,1-5H3,(H2,20,21,22);1H. The fourth-order valence-electron chi connectivity index (χ4n) is 3.38. The van der Waals surface area contributed by atoms with Crippen molar-refractivity contribution in [2.45, 2.75) is 52.6 Å². The molecule has 4 nitrogen and oxygen atoms in total. The molecule has 3 atom stereocenters. The van der Waals surface area contributed by atoms with Crippen LogP contribution in [0.3, 0.4) is 0 Å².